The van der Waals surface area contributed by atoms with Crippen molar-refractivity contribution >= 4 is 5.69 Å². The van der Waals surface area contributed by atoms with E-state index in [1.165, 1.54) is 18.3 Å². The fraction of sp³-hybridized carbons (Fsp3) is 0.214. The van der Waals surface area contributed by atoms with Gasteiger partial charge in [0, 0.05) is 17.8 Å². The van der Waals surface area contributed by atoms with Crippen molar-refractivity contribution in [2.24, 2.45) is 0 Å². The fourth-order valence-electron chi connectivity index (χ4n) is 1.72. The summed E-state index contributed by atoms with van der Waals surface area (Å²) in [4.78, 5) is 14.4. The quantitative estimate of drug-likeness (QED) is 0.683. The van der Waals surface area contributed by atoms with Crippen LogP contribution in [0.15, 0.2) is 36.5 Å². The minimum Gasteiger partial charge on any atom is -0.438 e. The summed E-state index contributed by atoms with van der Waals surface area (Å²) in [7, 11) is 0. The molecule has 0 saturated heterocycles. The van der Waals surface area contributed by atoms with Crippen molar-refractivity contribution < 1.29 is 14.8 Å². The summed E-state index contributed by atoms with van der Waals surface area (Å²) in [5.41, 5.74) is 1.22. The molecule has 2 aromatic rings. The first kappa shape index (κ1) is 14.0. The number of rotatable bonds is 4. The summed E-state index contributed by atoms with van der Waals surface area (Å²) in [5.74, 6) is 0.589. The van der Waals surface area contributed by atoms with Gasteiger partial charge in [0.1, 0.15) is 5.75 Å². The monoisotopic (exact) mass is 274 g/mol. The van der Waals surface area contributed by atoms with E-state index in [1.54, 1.807) is 32.0 Å². The molecule has 0 spiro atoms. The van der Waals surface area contributed by atoms with Crippen LogP contribution in [0.3, 0.4) is 0 Å². The van der Waals surface area contributed by atoms with Gasteiger partial charge in [0.25, 0.3) is 5.69 Å². The molecular weight excluding hydrogens is 260 g/mol. The van der Waals surface area contributed by atoms with Gasteiger partial charge in [-0.05, 0) is 37.6 Å². The second kappa shape index (κ2) is 5.66. The number of ether oxygens (including phenoxy) is 1. The van der Waals surface area contributed by atoms with Crippen molar-refractivity contribution in [3.8, 4) is 11.6 Å². The lowest BCUT2D eigenvalue weighted by Gasteiger charge is -2.12. The molecule has 0 aliphatic carbocycles. The predicted octanol–water partition coefficient (Wildman–Crippen LogP) is 3.14. The standard InChI is InChI=1S/C14H14N2O4/c1-9-5-6-11(16(18)19)8-13(9)20-14-12(10(2)17)4-3-7-15-14/h3-8,10,17H,1-2H3. The Bertz CT molecular complexity index is 641. The SMILES string of the molecule is Cc1ccc([N+](=O)[O-])cc1Oc1ncccc1C(C)O. The van der Waals surface area contributed by atoms with Crippen LogP contribution in [0.1, 0.15) is 24.2 Å². The Morgan fingerprint density at radius 3 is 2.80 bits per heavy atom. The Balaban J connectivity index is 2.40. The molecule has 1 atom stereocenters. The second-order valence-electron chi connectivity index (χ2n) is 4.38. The Kier molecular flexibility index (Phi) is 3.95. The van der Waals surface area contributed by atoms with Crippen LogP contribution in [0, 0.1) is 17.0 Å². The van der Waals surface area contributed by atoms with E-state index in [1.807, 2.05) is 0 Å². The van der Waals surface area contributed by atoms with Crippen LogP contribution in [0.2, 0.25) is 0 Å². The van der Waals surface area contributed by atoms with E-state index in [9.17, 15) is 15.2 Å². The third-order valence-electron chi connectivity index (χ3n) is 2.84. The lowest BCUT2D eigenvalue weighted by Crippen LogP contribution is -1.99. The molecule has 0 bridgehead atoms. The molecule has 0 radical (unpaired) electrons. The largest absolute Gasteiger partial charge is 0.438 e. The maximum atomic E-state index is 10.8. The van der Waals surface area contributed by atoms with Crippen molar-refractivity contribution in [3.63, 3.8) is 0 Å². The van der Waals surface area contributed by atoms with Crippen LogP contribution in [0.25, 0.3) is 0 Å². The Hall–Kier alpha value is -2.47. The van der Waals surface area contributed by atoms with E-state index in [0.717, 1.165) is 5.56 Å². The van der Waals surface area contributed by atoms with Crippen LogP contribution in [-0.2, 0) is 0 Å². The van der Waals surface area contributed by atoms with E-state index < -0.39 is 11.0 Å². The highest BCUT2D eigenvalue weighted by atomic mass is 16.6. The van der Waals surface area contributed by atoms with Crippen molar-refractivity contribution in [1.29, 1.82) is 0 Å². The maximum Gasteiger partial charge on any atom is 0.273 e. The summed E-state index contributed by atoms with van der Waals surface area (Å²) in [6.07, 6.45) is 0.797. The lowest BCUT2D eigenvalue weighted by molar-refractivity contribution is -0.384. The van der Waals surface area contributed by atoms with Crippen molar-refractivity contribution in [1.82, 2.24) is 4.98 Å². The first-order valence-electron chi connectivity index (χ1n) is 6.05. The number of non-ortho nitro benzene ring substituents is 1. The van der Waals surface area contributed by atoms with Gasteiger partial charge in [0.15, 0.2) is 0 Å². The molecule has 104 valence electrons. The van der Waals surface area contributed by atoms with Crippen molar-refractivity contribution in [2.45, 2.75) is 20.0 Å². The fourth-order valence-corrected chi connectivity index (χ4v) is 1.72. The number of hydrogen-bond donors (Lipinski definition) is 1. The predicted molar refractivity (Wildman–Crippen MR) is 72.8 cm³/mol. The highest BCUT2D eigenvalue weighted by Crippen LogP contribution is 2.31. The molecular formula is C14H14N2O4. The van der Waals surface area contributed by atoms with Gasteiger partial charge in [-0.2, -0.15) is 0 Å². The first-order valence-corrected chi connectivity index (χ1v) is 6.05. The number of benzene rings is 1. The van der Waals surface area contributed by atoms with Gasteiger partial charge < -0.3 is 9.84 Å². The summed E-state index contributed by atoms with van der Waals surface area (Å²) in [5, 5.41) is 20.5. The van der Waals surface area contributed by atoms with Crippen LogP contribution in [0.5, 0.6) is 11.6 Å². The average Bonchev–Trinajstić information content (AvgIpc) is 2.41. The van der Waals surface area contributed by atoms with Crippen LogP contribution in [-0.4, -0.2) is 15.0 Å². The van der Waals surface area contributed by atoms with Gasteiger partial charge in [0.2, 0.25) is 5.88 Å². The smallest absolute Gasteiger partial charge is 0.273 e. The Morgan fingerprint density at radius 1 is 1.40 bits per heavy atom. The molecule has 1 heterocycles. The topological polar surface area (TPSA) is 85.5 Å². The lowest BCUT2D eigenvalue weighted by atomic mass is 10.1. The van der Waals surface area contributed by atoms with Gasteiger partial charge in [-0.1, -0.05) is 0 Å². The number of hydrogen-bond acceptors (Lipinski definition) is 5. The van der Waals surface area contributed by atoms with Crippen LogP contribution >= 0.6 is 0 Å². The molecule has 0 fully saturated rings. The Morgan fingerprint density at radius 2 is 2.15 bits per heavy atom. The van der Waals surface area contributed by atoms with Gasteiger partial charge >= 0.3 is 0 Å². The highest BCUT2D eigenvalue weighted by molar-refractivity contribution is 5.46. The molecule has 6 heteroatoms. The van der Waals surface area contributed by atoms with E-state index in [-0.39, 0.29) is 11.6 Å². The molecule has 20 heavy (non-hydrogen) atoms. The van der Waals surface area contributed by atoms with Gasteiger partial charge in [-0.25, -0.2) is 4.98 Å². The minimum absolute atomic E-state index is 0.0554. The molecule has 1 unspecified atom stereocenters. The molecule has 1 N–H and O–H groups in total. The first-order chi connectivity index (χ1) is 9.49. The number of aryl methyl sites for hydroxylation is 1. The maximum absolute atomic E-state index is 10.8. The number of aliphatic hydroxyl groups is 1. The van der Waals surface area contributed by atoms with Crippen molar-refractivity contribution in [3.05, 3.63) is 57.8 Å². The highest BCUT2D eigenvalue weighted by Gasteiger charge is 2.14. The zero-order valence-corrected chi connectivity index (χ0v) is 11.1. The number of aromatic nitrogens is 1. The number of nitro benzene ring substituents is 1. The number of pyridine rings is 1. The molecule has 1 aromatic heterocycles. The van der Waals surface area contributed by atoms with Gasteiger partial charge in [-0.15, -0.1) is 0 Å². The van der Waals surface area contributed by atoms with E-state index in [4.69, 9.17) is 4.74 Å². The van der Waals surface area contributed by atoms with Crippen molar-refractivity contribution in [2.75, 3.05) is 0 Å². The summed E-state index contributed by atoms with van der Waals surface area (Å²) >= 11 is 0. The molecule has 0 aliphatic heterocycles. The van der Waals surface area contributed by atoms with E-state index in [0.29, 0.717) is 11.3 Å². The molecule has 0 amide bonds. The van der Waals surface area contributed by atoms with E-state index >= 15 is 0 Å². The molecule has 2 rings (SSSR count). The van der Waals surface area contributed by atoms with Gasteiger partial charge in [-0.3, -0.25) is 10.1 Å². The van der Waals surface area contributed by atoms with E-state index in [2.05, 4.69) is 4.98 Å². The molecule has 0 aliphatic rings. The summed E-state index contributed by atoms with van der Waals surface area (Å²) in [6, 6.07) is 7.75. The van der Waals surface area contributed by atoms with Crippen LogP contribution in [0.4, 0.5) is 5.69 Å². The molecule has 0 saturated carbocycles. The third kappa shape index (κ3) is 2.92. The zero-order chi connectivity index (χ0) is 14.7. The number of nitrogens with zero attached hydrogens (tertiary/aromatic N) is 2. The zero-order valence-electron chi connectivity index (χ0n) is 11.1. The number of aliphatic hydroxyl groups excluding tert-OH is 1. The molecule has 6 nitrogen and oxygen atoms in total. The normalized spacial score (nSPS) is 11.9. The van der Waals surface area contributed by atoms with Crippen LogP contribution < -0.4 is 4.74 Å². The minimum atomic E-state index is -0.738. The number of nitro groups is 1. The molecule has 1 aromatic carbocycles. The van der Waals surface area contributed by atoms with Gasteiger partial charge in [0.05, 0.1) is 17.1 Å². The average molecular weight is 274 g/mol. The summed E-state index contributed by atoms with van der Waals surface area (Å²) in [6.45, 7) is 3.38. The summed E-state index contributed by atoms with van der Waals surface area (Å²) < 4.78 is 5.62. The second-order valence-corrected chi connectivity index (χ2v) is 4.38. The third-order valence-corrected chi connectivity index (χ3v) is 2.84. The Labute approximate surface area is 115 Å².